The van der Waals surface area contributed by atoms with Crippen LogP contribution >= 0.6 is 0 Å². The molecule has 0 aromatic heterocycles. The third kappa shape index (κ3) is 3.33. The Morgan fingerprint density at radius 2 is 2.00 bits per heavy atom. The third-order valence-electron chi connectivity index (χ3n) is 1.95. The highest BCUT2D eigenvalue weighted by molar-refractivity contribution is 5.33. The van der Waals surface area contributed by atoms with Crippen LogP contribution in [-0.2, 0) is 6.54 Å². The second kappa shape index (κ2) is 3.96. The number of aliphatic hydroxyl groups is 2. The van der Waals surface area contributed by atoms with Gasteiger partial charge in [0.05, 0.1) is 0 Å². The minimum Gasteiger partial charge on any atom is -0.508 e. The molecule has 0 aliphatic carbocycles. The van der Waals surface area contributed by atoms with Crippen LogP contribution in [-0.4, -0.2) is 21.2 Å². The molecule has 1 aromatic carbocycles. The van der Waals surface area contributed by atoms with E-state index < -0.39 is 5.91 Å². The summed E-state index contributed by atoms with van der Waals surface area (Å²) in [5, 5.41) is 29.8. The number of aromatic hydroxyl groups is 1. The van der Waals surface area contributed by atoms with E-state index in [1.165, 1.54) is 6.92 Å². The smallest absolute Gasteiger partial charge is 0.219 e. The summed E-state index contributed by atoms with van der Waals surface area (Å²) in [4.78, 5) is 0. The van der Waals surface area contributed by atoms with Gasteiger partial charge >= 0.3 is 0 Å². The molecule has 0 atom stereocenters. The van der Waals surface area contributed by atoms with Gasteiger partial charge in [-0.15, -0.1) is 0 Å². The third-order valence-corrected chi connectivity index (χ3v) is 1.95. The predicted molar refractivity (Wildman–Crippen MR) is 52.5 cm³/mol. The SMILES string of the molecule is Cc1ccc(O)cc1CNC(C)(O)O. The molecule has 0 spiro atoms. The summed E-state index contributed by atoms with van der Waals surface area (Å²) < 4.78 is 0. The maximum atomic E-state index is 9.21. The van der Waals surface area contributed by atoms with Crippen molar-refractivity contribution in [2.45, 2.75) is 26.3 Å². The molecule has 14 heavy (non-hydrogen) atoms. The summed E-state index contributed by atoms with van der Waals surface area (Å²) in [5.41, 5.74) is 1.82. The number of hydrogen-bond acceptors (Lipinski definition) is 4. The molecule has 1 aromatic rings. The van der Waals surface area contributed by atoms with Crippen LogP contribution in [0.1, 0.15) is 18.1 Å². The Bertz CT molecular complexity index is 318. The maximum absolute atomic E-state index is 9.21. The summed E-state index contributed by atoms with van der Waals surface area (Å²) in [6.45, 7) is 3.43. The predicted octanol–water partition coefficient (Wildman–Crippen LogP) is 0.449. The van der Waals surface area contributed by atoms with Crippen molar-refractivity contribution in [3.8, 4) is 5.75 Å². The topological polar surface area (TPSA) is 72.7 Å². The van der Waals surface area contributed by atoms with Gasteiger partial charge in [-0.1, -0.05) is 6.07 Å². The van der Waals surface area contributed by atoms with Crippen LogP contribution in [0.4, 0.5) is 0 Å². The molecular weight excluding hydrogens is 182 g/mol. The van der Waals surface area contributed by atoms with Gasteiger partial charge in [0.1, 0.15) is 5.75 Å². The van der Waals surface area contributed by atoms with Gasteiger partial charge in [-0.25, -0.2) is 0 Å². The first kappa shape index (κ1) is 11.0. The molecule has 4 N–H and O–H groups in total. The van der Waals surface area contributed by atoms with Crippen molar-refractivity contribution in [1.82, 2.24) is 5.32 Å². The van der Waals surface area contributed by atoms with Crippen molar-refractivity contribution in [3.05, 3.63) is 29.3 Å². The fourth-order valence-electron chi connectivity index (χ4n) is 1.11. The maximum Gasteiger partial charge on any atom is 0.219 e. The molecule has 0 saturated heterocycles. The van der Waals surface area contributed by atoms with Crippen LogP contribution < -0.4 is 5.32 Å². The van der Waals surface area contributed by atoms with Crippen molar-refractivity contribution in [2.24, 2.45) is 0 Å². The standard InChI is InChI=1S/C10H15NO3/c1-7-3-4-9(12)5-8(7)6-11-10(2,13)14/h3-5,11-14H,6H2,1-2H3. The minimum atomic E-state index is -1.89. The normalized spacial score (nSPS) is 11.7. The summed E-state index contributed by atoms with van der Waals surface area (Å²) in [6.07, 6.45) is 0. The molecule has 0 radical (unpaired) electrons. The fourth-order valence-corrected chi connectivity index (χ4v) is 1.11. The van der Waals surface area contributed by atoms with Gasteiger partial charge in [0.25, 0.3) is 0 Å². The van der Waals surface area contributed by atoms with Crippen LogP contribution in [0.15, 0.2) is 18.2 Å². The zero-order valence-electron chi connectivity index (χ0n) is 8.28. The number of phenols is 1. The lowest BCUT2D eigenvalue weighted by Crippen LogP contribution is -2.41. The Morgan fingerprint density at radius 1 is 1.36 bits per heavy atom. The number of nitrogens with one attached hydrogen (secondary N) is 1. The highest BCUT2D eigenvalue weighted by Crippen LogP contribution is 2.15. The van der Waals surface area contributed by atoms with Crippen LogP contribution in [0.25, 0.3) is 0 Å². The number of phenolic OH excluding ortho intramolecular Hbond substituents is 1. The first-order chi connectivity index (χ1) is 6.38. The van der Waals surface area contributed by atoms with Crippen LogP contribution in [0.5, 0.6) is 5.75 Å². The largest absolute Gasteiger partial charge is 0.508 e. The van der Waals surface area contributed by atoms with Crippen molar-refractivity contribution in [3.63, 3.8) is 0 Å². The van der Waals surface area contributed by atoms with Gasteiger partial charge < -0.3 is 15.3 Å². The van der Waals surface area contributed by atoms with Crippen molar-refractivity contribution in [1.29, 1.82) is 0 Å². The lowest BCUT2D eigenvalue weighted by Gasteiger charge is -2.18. The van der Waals surface area contributed by atoms with Crippen LogP contribution in [0.2, 0.25) is 0 Å². The van der Waals surface area contributed by atoms with Gasteiger partial charge in [0, 0.05) is 13.5 Å². The molecule has 0 heterocycles. The molecule has 1 rings (SSSR count). The Balaban J connectivity index is 2.72. The van der Waals surface area contributed by atoms with Crippen LogP contribution in [0.3, 0.4) is 0 Å². The average molecular weight is 197 g/mol. The Morgan fingerprint density at radius 3 is 2.57 bits per heavy atom. The molecule has 0 aliphatic rings. The first-order valence-corrected chi connectivity index (χ1v) is 4.37. The molecular formula is C10H15NO3. The molecule has 0 fully saturated rings. The zero-order chi connectivity index (χ0) is 10.8. The lowest BCUT2D eigenvalue weighted by molar-refractivity contribution is -0.170. The second-order valence-electron chi connectivity index (χ2n) is 3.49. The van der Waals surface area contributed by atoms with Crippen LogP contribution in [0, 0.1) is 6.92 Å². The Kier molecular flexibility index (Phi) is 3.10. The average Bonchev–Trinajstić information content (AvgIpc) is 2.05. The van der Waals surface area contributed by atoms with Gasteiger partial charge in [0.15, 0.2) is 0 Å². The van der Waals surface area contributed by atoms with E-state index in [2.05, 4.69) is 5.32 Å². The van der Waals surface area contributed by atoms with E-state index >= 15 is 0 Å². The summed E-state index contributed by atoms with van der Waals surface area (Å²) in [5.74, 6) is -1.72. The lowest BCUT2D eigenvalue weighted by atomic mass is 10.1. The van der Waals surface area contributed by atoms with Gasteiger partial charge in [-0.05, 0) is 30.2 Å². The highest BCUT2D eigenvalue weighted by Gasteiger charge is 2.13. The second-order valence-corrected chi connectivity index (χ2v) is 3.49. The van der Waals surface area contributed by atoms with E-state index in [1.54, 1.807) is 18.2 Å². The fraction of sp³-hybridized carbons (Fsp3) is 0.400. The van der Waals surface area contributed by atoms with Gasteiger partial charge in [0.2, 0.25) is 5.91 Å². The molecule has 0 unspecified atom stereocenters. The molecule has 78 valence electrons. The first-order valence-electron chi connectivity index (χ1n) is 4.37. The Labute approximate surface area is 82.8 Å². The molecule has 0 bridgehead atoms. The van der Waals surface area contributed by atoms with E-state index in [0.717, 1.165) is 11.1 Å². The number of benzene rings is 1. The number of aryl methyl sites for hydroxylation is 1. The summed E-state index contributed by atoms with van der Waals surface area (Å²) >= 11 is 0. The van der Waals surface area contributed by atoms with E-state index in [-0.39, 0.29) is 5.75 Å². The molecule has 0 amide bonds. The van der Waals surface area contributed by atoms with E-state index in [1.807, 2.05) is 6.92 Å². The highest BCUT2D eigenvalue weighted by atomic mass is 16.5. The minimum absolute atomic E-state index is 0.171. The van der Waals surface area contributed by atoms with E-state index in [0.29, 0.717) is 6.54 Å². The molecule has 4 nitrogen and oxygen atoms in total. The van der Waals surface area contributed by atoms with Gasteiger partial charge in [-0.2, -0.15) is 0 Å². The summed E-state index contributed by atoms with van der Waals surface area (Å²) in [7, 11) is 0. The van der Waals surface area contributed by atoms with Crippen molar-refractivity contribution >= 4 is 0 Å². The molecule has 4 heteroatoms. The van der Waals surface area contributed by atoms with Gasteiger partial charge in [-0.3, -0.25) is 5.32 Å². The monoisotopic (exact) mass is 197 g/mol. The van der Waals surface area contributed by atoms with Crippen molar-refractivity contribution < 1.29 is 15.3 Å². The quantitative estimate of drug-likeness (QED) is 0.531. The van der Waals surface area contributed by atoms with E-state index in [9.17, 15) is 5.11 Å². The van der Waals surface area contributed by atoms with E-state index in [4.69, 9.17) is 10.2 Å². The number of hydrogen-bond donors (Lipinski definition) is 4. The number of rotatable bonds is 3. The molecule has 0 saturated carbocycles. The van der Waals surface area contributed by atoms with Crippen molar-refractivity contribution in [2.75, 3.05) is 0 Å². The summed E-state index contributed by atoms with van der Waals surface area (Å²) in [6, 6.07) is 4.96. The zero-order valence-corrected chi connectivity index (χ0v) is 8.28. The Hall–Kier alpha value is -1.10. The molecule has 0 aliphatic heterocycles.